The van der Waals surface area contributed by atoms with Crippen molar-refractivity contribution in [2.45, 2.75) is 19.6 Å². The summed E-state index contributed by atoms with van der Waals surface area (Å²) in [5.41, 5.74) is -3.38. The fraction of sp³-hybridized carbons (Fsp3) is 0.333. The molecule has 0 saturated carbocycles. The molecule has 4 nitrogen and oxygen atoms in total. The average molecular weight is 234 g/mol. The highest BCUT2D eigenvalue weighted by atomic mass is 19.4. The van der Waals surface area contributed by atoms with Gasteiger partial charge in [0, 0.05) is 12.6 Å². The van der Waals surface area contributed by atoms with Gasteiger partial charge in [-0.05, 0) is 6.92 Å². The summed E-state index contributed by atoms with van der Waals surface area (Å²) in [5, 5.41) is 0. The minimum atomic E-state index is -4.72. The van der Waals surface area contributed by atoms with Crippen LogP contribution in [0.4, 0.5) is 13.2 Å². The first-order valence-electron chi connectivity index (χ1n) is 4.38. The van der Waals surface area contributed by atoms with Crippen LogP contribution in [0.25, 0.3) is 0 Å². The molecule has 0 radical (unpaired) electrons. The molecule has 16 heavy (non-hydrogen) atoms. The number of allylic oxidation sites excluding steroid dienone is 2. The van der Waals surface area contributed by atoms with Gasteiger partial charge >= 0.3 is 11.9 Å². The molecule has 88 valence electrons. The molecule has 0 aliphatic rings. The van der Waals surface area contributed by atoms with Crippen LogP contribution in [-0.2, 0) is 12.7 Å². The van der Waals surface area contributed by atoms with E-state index in [1.807, 2.05) is 0 Å². The summed E-state index contributed by atoms with van der Waals surface area (Å²) in [7, 11) is 0. The van der Waals surface area contributed by atoms with E-state index < -0.39 is 23.1 Å². The molecule has 0 amide bonds. The zero-order chi connectivity index (χ0) is 12.3. The normalized spacial score (nSPS) is 12.2. The molecule has 1 heterocycles. The SMILES string of the molecule is CC=CCn1c(=O)cc(C(F)(F)F)[nH]c1=O. The van der Waals surface area contributed by atoms with Gasteiger partial charge in [-0.15, -0.1) is 0 Å². The number of hydrogen-bond acceptors (Lipinski definition) is 2. The first-order valence-corrected chi connectivity index (χ1v) is 4.38. The summed E-state index contributed by atoms with van der Waals surface area (Å²) >= 11 is 0. The largest absolute Gasteiger partial charge is 0.431 e. The number of nitrogens with zero attached hydrogens (tertiary/aromatic N) is 1. The van der Waals surface area contributed by atoms with Crippen molar-refractivity contribution in [3.63, 3.8) is 0 Å². The predicted octanol–water partition coefficient (Wildman–Crippen LogP) is 1.13. The number of H-pyrrole nitrogens is 1. The van der Waals surface area contributed by atoms with E-state index in [-0.39, 0.29) is 6.54 Å². The summed E-state index contributed by atoms with van der Waals surface area (Å²) in [6.45, 7) is 1.62. The third kappa shape index (κ3) is 2.62. The third-order valence-electron chi connectivity index (χ3n) is 1.85. The van der Waals surface area contributed by atoms with Crippen LogP contribution in [0.5, 0.6) is 0 Å². The average Bonchev–Trinajstić information content (AvgIpc) is 2.15. The first-order chi connectivity index (χ1) is 7.36. The van der Waals surface area contributed by atoms with E-state index >= 15 is 0 Å². The molecule has 1 rings (SSSR count). The predicted molar refractivity (Wildman–Crippen MR) is 51.1 cm³/mol. The highest BCUT2D eigenvalue weighted by Crippen LogP contribution is 2.25. The quantitative estimate of drug-likeness (QED) is 0.780. The number of nitrogens with one attached hydrogen (secondary N) is 1. The molecule has 0 fully saturated rings. The molecule has 1 aromatic rings. The Morgan fingerprint density at radius 3 is 2.50 bits per heavy atom. The van der Waals surface area contributed by atoms with Gasteiger partial charge in [0.25, 0.3) is 5.56 Å². The van der Waals surface area contributed by atoms with Gasteiger partial charge in [-0.2, -0.15) is 13.2 Å². The fourth-order valence-corrected chi connectivity index (χ4v) is 1.06. The summed E-state index contributed by atoms with van der Waals surface area (Å²) in [6.07, 6.45) is -1.65. The van der Waals surface area contributed by atoms with E-state index in [4.69, 9.17) is 0 Å². The van der Waals surface area contributed by atoms with Gasteiger partial charge in [0.15, 0.2) is 0 Å². The Labute approximate surface area is 88.0 Å². The Morgan fingerprint density at radius 2 is 2.06 bits per heavy atom. The minimum Gasteiger partial charge on any atom is -0.303 e. The van der Waals surface area contributed by atoms with Gasteiger partial charge in [-0.3, -0.25) is 9.36 Å². The van der Waals surface area contributed by atoms with Crippen LogP contribution in [0, 0.1) is 0 Å². The van der Waals surface area contributed by atoms with Crippen LogP contribution in [0.3, 0.4) is 0 Å². The maximum Gasteiger partial charge on any atom is 0.431 e. The lowest BCUT2D eigenvalue weighted by molar-refractivity contribution is -0.141. The van der Waals surface area contributed by atoms with Crippen molar-refractivity contribution < 1.29 is 13.2 Å². The van der Waals surface area contributed by atoms with Crippen LogP contribution in [0.1, 0.15) is 12.6 Å². The highest BCUT2D eigenvalue weighted by molar-refractivity contribution is 5.04. The van der Waals surface area contributed by atoms with Crippen molar-refractivity contribution in [3.8, 4) is 0 Å². The smallest absolute Gasteiger partial charge is 0.303 e. The molecule has 1 N–H and O–H groups in total. The number of alkyl halides is 3. The van der Waals surface area contributed by atoms with Crippen molar-refractivity contribution in [1.82, 2.24) is 9.55 Å². The van der Waals surface area contributed by atoms with E-state index in [1.165, 1.54) is 6.08 Å². The van der Waals surface area contributed by atoms with Crippen molar-refractivity contribution >= 4 is 0 Å². The molecule has 1 aromatic heterocycles. The Hall–Kier alpha value is -1.79. The Bertz CT molecular complexity index is 479. The molecule has 0 saturated heterocycles. The van der Waals surface area contributed by atoms with Crippen molar-refractivity contribution in [1.29, 1.82) is 0 Å². The fourth-order valence-electron chi connectivity index (χ4n) is 1.06. The van der Waals surface area contributed by atoms with E-state index in [9.17, 15) is 22.8 Å². The lowest BCUT2D eigenvalue weighted by Crippen LogP contribution is -2.36. The molecule has 0 aliphatic heterocycles. The second kappa shape index (κ2) is 4.38. The monoisotopic (exact) mass is 234 g/mol. The summed E-state index contributed by atoms with van der Waals surface area (Å²) in [4.78, 5) is 24.0. The molecular weight excluding hydrogens is 225 g/mol. The van der Waals surface area contributed by atoms with Crippen molar-refractivity contribution in [3.05, 3.63) is 44.8 Å². The molecule has 0 bridgehead atoms. The molecule has 0 spiro atoms. The number of rotatable bonds is 2. The topological polar surface area (TPSA) is 54.9 Å². The van der Waals surface area contributed by atoms with Gasteiger partial charge in [-0.1, -0.05) is 12.2 Å². The van der Waals surface area contributed by atoms with Crippen LogP contribution in [-0.4, -0.2) is 9.55 Å². The summed E-state index contributed by atoms with van der Waals surface area (Å²) in [6, 6.07) is 0.366. The van der Waals surface area contributed by atoms with E-state index in [0.29, 0.717) is 10.6 Å². The van der Waals surface area contributed by atoms with E-state index in [1.54, 1.807) is 18.0 Å². The van der Waals surface area contributed by atoms with Crippen molar-refractivity contribution in [2.75, 3.05) is 0 Å². The highest BCUT2D eigenvalue weighted by Gasteiger charge is 2.32. The zero-order valence-corrected chi connectivity index (χ0v) is 8.34. The standard InChI is InChI=1S/C9H9F3N2O2/c1-2-3-4-14-7(15)5-6(9(10,11)12)13-8(14)16/h2-3,5H,4H2,1H3,(H,13,16). The molecular formula is C9H9F3N2O2. The van der Waals surface area contributed by atoms with Crippen molar-refractivity contribution in [2.24, 2.45) is 0 Å². The number of halogens is 3. The number of aromatic nitrogens is 2. The molecule has 0 aliphatic carbocycles. The first kappa shape index (κ1) is 12.3. The van der Waals surface area contributed by atoms with Gasteiger partial charge in [0.1, 0.15) is 5.69 Å². The summed E-state index contributed by atoms with van der Waals surface area (Å²) < 4.78 is 37.3. The summed E-state index contributed by atoms with van der Waals surface area (Å²) in [5.74, 6) is 0. The van der Waals surface area contributed by atoms with Gasteiger partial charge in [-0.25, -0.2) is 4.79 Å². The van der Waals surface area contributed by atoms with Crippen LogP contribution in [0.15, 0.2) is 27.8 Å². The molecule has 0 atom stereocenters. The zero-order valence-electron chi connectivity index (χ0n) is 8.34. The number of aromatic amines is 1. The second-order valence-corrected chi connectivity index (χ2v) is 3.00. The van der Waals surface area contributed by atoms with Gasteiger partial charge in [0.2, 0.25) is 0 Å². The molecule has 0 unspecified atom stereocenters. The van der Waals surface area contributed by atoms with E-state index in [2.05, 4.69) is 0 Å². The second-order valence-electron chi connectivity index (χ2n) is 3.00. The maximum absolute atomic E-state index is 12.2. The molecule has 7 heteroatoms. The Kier molecular flexibility index (Phi) is 3.36. The Morgan fingerprint density at radius 1 is 1.44 bits per heavy atom. The minimum absolute atomic E-state index is 0.0528. The maximum atomic E-state index is 12.2. The Balaban J connectivity index is 3.29. The lowest BCUT2D eigenvalue weighted by Gasteiger charge is -2.07. The van der Waals surface area contributed by atoms with E-state index in [0.717, 1.165) is 0 Å². The number of hydrogen-bond donors (Lipinski definition) is 1. The van der Waals surface area contributed by atoms with Gasteiger partial charge in [0.05, 0.1) is 0 Å². The van der Waals surface area contributed by atoms with Crippen LogP contribution < -0.4 is 11.2 Å². The third-order valence-corrected chi connectivity index (χ3v) is 1.85. The molecule has 0 aromatic carbocycles. The lowest BCUT2D eigenvalue weighted by atomic mass is 10.4. The van der Waals surface area contributed by atoms with Crippen LogP contribution >= 0.6 is 0 Å². The van der Waals surface area contributed by atoms with Crippen LogP contribution in [0.2, 0.25) is 0 Å². The van der Waals surface area contributed by atoms with Gasteiger partial charge < -0.3 is 4.98 Å².